The summed E-state index contributed by atoms with van der Waals surface area (Å²) in [5.41, 5.74) is 6.46. The zero-order valence-corrected chi connectivity index (χ0v) is 15.1. The van der Waals surface area contributed by atoms with E-state index in [1.165, 1.54) is 0 Å². The monoisotopic (exact) mass is 330 g/mol. The zero-order valence-electron chi connectivity index (χ0n) is 15.1. The number of piperidine rings is 3. The van der Waals surface area contributed by atoms with Crippen LogP contribution in [0.15, 0.2) is 30.3 Å². The van der Waals surface area contributed by atoms with Gasteiger partial charge < -0.3 is 15.4 Å². The highest BCUT2D eigenvalue weighted by Crippen LogP contribution is 2.40. The summed E-state index contributed by atoms with van der Waals surface area (Å²) in [6, 6.07) is 10.1. The van der Waals surface area contributed by atoms with Gasteiger partial charge in [0.2, 0.25) is 0 Å². The van der Waals surface area contributed by atoms with Crippen molar-refractivity contribution in [3.63, 3.8) is 0 Å². The first-order valence-electron chi connectivity index (χ1n) is 9.06. The van der Waals surface area contributed by atoms with E-state index in [9.17, 15) is 4.79 Å². The van der Waals surface area contributed by atoms with E-state index in [-0.39, 0.29) is 11.9 Å². The number of ether oxygens (including phenoxy) is 1. The molecule has 3 aliphatic heterocycles. The highest BCUT2D eigenvalue weighted by molar-refractivity contribution is 5.82. The summed E-state index contributed by atoms with van der Waals surface area (Å²) in [7, 11) is 0. The molecule has 2 bridgehead atoms. The molecular formula is C20H30N2O2. The minimum Gasteiger partial charge on any atom is -0.459 e. The molecule has 2 N–H and O–H groups in total. The lowest BCUT2D eigenvalue weighted by atomic mass is 9.67. The molecule has 0 radical (unpaired) electrons. The zero-order chi connectivity index (χ0) is 17.4. The molecule has 0 unspecified atom stereocenters. The average molecular weight is 330 g/mol. The van der Waals surface area contributed by atoms with Gasteiger partial charge >= 0.3 is 5.97 Å². The number of hydrogen-bond donors (Lipinski definition) is 1. The number of benzene rings is 1. The van der Waals surface area contributed by atoms with Crippen molar-refractivity contribution in [2.45, 2.75) is 51.2 Å². The van der Waals surface area contributed by atoms with Crippen LogP contribution in [0, 0.1) is 11.8 Å². The van der Waals surface area contributed by atoms with E-state index in [2.05, 4.69) is 4.90 Å². The third-order valence-electron chi connectivity index (χ3n) is 5.44. The van der Waals surface area contributed by atoms with Crippen LogP contribution in [0.5, 0.6) is 0 Å². The largest absolute Gasteiger partial charge is 0.459 e. The van der Waals surface area contributed by atoms with E-state index in [0.717, 1.165) is 38.0 Å². The molecule has 132 valence electrons. The van der Waals surface area contributed by atoms with E-state index in [1.54, 1.807) is 0 Å². The number of fused-ring (bicyclic) bond motifs is 3. The molecule has 4 nitrogen and oxygen atoms in total. The van der Waals surface area contributed by atoms with E-state index in [4.69, 9.17) is 10.5 Å². The molecule has 2 atom stereocenters. The van der Waals surface area contributed by atoms with Gasteiger partial charge in [0.15, 0.2) is 0 Å². The van der Waals surface area contributed by atoms with Crippen LogP contribution in [0.2, 0.25) is 0 Å². The number of nitrogens with two attached hydrogens (primary N) is 1. The average Bonchev–Trinajstić information content (AvgIpc) is 2.55. The fourth-order valence-corrected chi connectivity index (χ4v) is 4.21. The number of esters is 1. The van der Waals surface area contributed by atoms with Gasteiger partial charge in [-0.3, -0.25) is 4.79 Å². The number of rotatable bonds is 4. The molecule has 0 amide bonds. The first kappa shape index (κ1) is 17.4. The summed E-state index contributed by atoms with van der Waals surface area (Å²) in [5, 5.41) is 0. The van der Waals surface area contributed by atoms with Crippen molar-refractivity contribution >= 4 is 5.97 Å². The van der Waals surface area contributed by atoms with Gasteiger partial charge in [-0.2, -0.15) is 0 Å². The van der Waals surface area contributed by atoms with E-state index in [0.29, 0.717) is 12.3 Å². The van der Waals surface area contributed by atoms with Gasteiger partial charge in [-0.15, -0.1) is 0 Å². The number of nitrogens with zero attached hydrogens (tertiary/aromatic N) is 1. The summed E-state index contributed by atoms with van der Waals surface area (Å²) in [6.07, 6.45) is 2.82. The van der Waals surface area contributed by atoms with E-state index >= 15 is 0 Å². The second-order valence-electron chi connectivity index (χ2n) is 8.45. The predicted octanol–water partition coefficient (Wildman–Crippen LogP) is 2.61. The molecule has 0 spiro atoms. The molecule has 3 fully saturated rings. The normalized spacial score (nSPS) is 29.1. The highest BCUT2D eigenvalue weighted by Gasteiger charge is 2.51. The Bertz CT molecular complexity index is 573. The lowest BCUT2D eigenvalue weighted by molar-refractivity contribution is -0.167. The molecule has 3 heterocycles. The smallest absolute Gasteiger partial charge is 0.327 e. The van der Waals surface area contributed by atoms with Gasteiger partial charge in [-0.25, -0.2) is 0 Å². The SMILES string of the molecule is CC(C)(C)OC(=O)[C@@](N)(Cc1ccccc1)[C@@H]1CN2CCC1CC2. The fraction of sp³-hybridized carbons (Fsp3) is 0.650. The molecule has 0 aliphatic carbocycles. The standard InChI is InChI=1S/C20H30N2O2/c1-19(2,3)24-18(23)20(21,13-15-7-5-4-6-8-15)17-14-22-11-9-16(17)10-12-22/h4-8,16-17H,9-14,21H2,1-3H3/t17-,20-/m1/s1. The van der Waals surface area contributed by atoms with Crippen LogP contribution < -0.4 is 5.73 Å². The lowest BCUT2D eigenvalue weighted by Crippen LogP contribution is -2.65. The number of carbonyl (C=O) groups is 1. The lowest BCUT2D eigenvalue weighted by Gasteiger charge is -2.51. The quantitative estimate of drug-likeness (QED) is 0.862. The van der Waals surface area contributed by atoms with Crippen molar-refractivity contribution in [3.8, 4) is 0 Å². The van der Waals surface area contributed by atoms with Crippen LogP contribution >= 0.6 is 0 Å². The van der Waals surface area contributed by atoms with Gasteiger partial charge in [0.1, 0.15) is 11.1 Å². The maximum absolute atomic E-state index is 13.1. The second kappa shape index (κ2) is 6.49. The predicted molar refractivity (Wildman–Crippen MR) is 95.6 cm³/mol. The molecule has 4 rings (SSSR count). The van der Waals surface area contributed by atoms with Crippen molar-refractivity contribution in [1.29, 1.82) is 0 Å². The van der Waals surface area contributed by atoms with Gasteiger partial charge in [0, 0.05) is 18.9 Å². The first-order valence-corrected chi connectivity index (χ1v) is 9.06. The Morgan fingerprint density at radius 3 is 2.33 bits per heavy atom. The van der Waals surface area contributed by atoms with Crippen molar-refractivity contribution in [2.24, 2.45) is 17.6 Å². The fourth-order valence-electron chi connectivity index (χ4n) is 4.21. The molecule has 3 saturated heterocycles. The summed E-state index contributed by atoms with van der Waals surface area (Å²) in [4.78, 5) is 15.5. The minimum absolute atomic E-state index is 0.162. The van der Waals surface area contributed by atoms with E-state index in [1.807, 2.05) is 51.1 Å². The maximum atomic E-state index is 13.1. The summed E-state index contributed by atoms with van der Waals surface area (Å²) in [6.45, 7) is 8.90. The molecule has 1 aromatic carbocycles. The van der Waals surface area contributed by atoms with Crippen LogP contribution in [0.25, 0.3) is 0 Å². The number of carbonyl (C=O) groups excluding carboxylic acids is 1. The van der Waals surface area contributed by atoms with Crippen molar-refractivity contribution in [1.82, 2.24) is 4.90 Å². The Kier molecular flexibility index (Phi) is 4.71. The number of hydrogen-bond acceptors (Lipinski definition) is 4. The van der Waals surface area contributed by atoms with Gasteiger partial charge in [-0.05, 0) is 58.2 Å². The molecule has 1 aromatic rings. The van der Waals surface area contributed by atoms with Gasteiger partial charge in [0.25, 0.3) is 0 Å². The van der Waals surface area contributed by atoms with Crippen LogP contribution in [-0.4, -0.2) is 41.6 Å². The highest BCUT2D eigenvalue weighted by atomic mass is 16.6. The summed E-state index contributed by atoms with van der Waals surface area (Å²) in [5.74, 6) is 0.434. The van der Waals surface area contributed by atoms with Crippen molar-refractivity contribution in [2.75, 3.05) is 19.6 Å². The van der Waals surface area contributed by atoms with Crippen LogP contribution in [0.4, 0.5) is 0 Å². The summed E-state index contributed by atoms with van der Waals surface area (Å²) < 4.78 is 5.75. The van der Waals surface area contributed by atoms with E-state index < -0.39 is 11.1 Å². The third kappa shape index (κ3) is 3.65. The Balaban J connectivity index is 1.89. The molecule has 24 heavy (non-hydrogen) atoms. The Labute approximate surface area is 145 Å². The molecule has 0 aromatic heterocycles. The Hall–Kier alpha value is -1.39. The third-order valence-corrected chi connectivity index (χ3v) is 5.44. The second-order valence-corrected chi connectivity index (χ2v) is 8.45. The maximum Gasteiger partial charge on any atom is 0.327 e. The van der Waals surface area contributed by atoms with Crippen molar-refractivity contribution < 1.29 is 9.53 Å². The molecular weight excluding hydrogens is 300 g/mol. The van der Waals surface area contributed by atoms with Crippen LogP contribution in [0.3, 0.4) is 0 Å². The topological polar surface area (TPSA) is 55.6 Å². The van der Waals surface area contributed by atoms with Crippen LogP contribution in [0.1, 0.15) is 39.2 Å². The van der Waals surface area contributed by atoms with Crippen LogP contribution in [-0.2, 0) is 16.0 Å². The van der Waals surface area contributed by atoms with Crippen molar-refractivity contribution in [3.05, 3.63) is 35.9 Å². The minimum atomic E-state index is -0.960. The molecule has 4 heteroatoms. The van der Waals surface area contributed by atoms with Gasteiger partial charge in [0.05, 0.1) is 0 Å². The first-order chi connectivity index (χ1) is 11.3. The molecule has 3 aliphatic rings. The Morgan fingerprint density at radius 2 is 1.83 bits per heavy atom. The Morgan fingerprint density at radius 1 is 1.21 bits per heavy atom. The summed E-state index contributed by atoms with van der Waals surface area (Å²) >= 11 is 0. The molecule has 0 saturated carbocycles. The van der Waals surface area contributed by atoms with Gasteiger partial charge in [-0.1, -0.05) is 30.3 Å².